The summed E-state index contributed by atoms with van der Waals surface area (Å²) in [4.78, 5) is 28.4. The van der Waals surface area contributed by atoms with Crippen LogP contribution in [0.15, 0.2) is 46.9 Å². The van der Waals surface area contributed by atoms with Gasteiger partial charge >= 0.3 is 0 Å². The summed E-state index contributed by atoms with van der Waals surface area (Å²) in [6.45, 7) is 11.1. The highest BCUT2D eigenvalue weighted by atomic mass is 79.9. The summed E-state index contributed by atoms with van der Waals surface area (Å²) < 4.78 is 27.3. The van der Waals surface area contributed by atoms with Crippen molar-refractivity contribution in [3.05, 3.63) is 63.6 Å². The first-order valence-corrected chi connectivity index (χ1v) is 14.2. The Labute approximate surface area is 218 Å². The van der Waals surface area contributed by atoms with Crippen LogP contribution in [0.25, 0.3) is 0 Å². The molecule has 0 aliphatic rings. The van der Waals surface area contributed by atoms with Crippen molar-refractivity contribution in [2.75, 3.05) is 17.1 Å². The smallest absolute Gasteiger partial charge is 0.244 e. The number of amides is 2. The molecule has 0 saturated carbocycles. The van der Waals surface area contributed by atoms with E-state index >= 15 is 0 Å². The zero-order chi connectivity index (χ0) is 26.6. The van der Waals surface area contributed by atoms with Crippen LogP contribution in [0.4, 0.5) is 5.69 Å². The van der Waals surface area contributed by atoms with Gasteiger partial charge in [0.25, 0.3) is 0 Å². The number of anilines is 1. The Morgan fingerprint density at radius 3 is 2.14 bits per heavy atom. The molecule has 0 heterocycles. The second-order valence-electron chi connectivity index (χ2n) is 9.87. The van der Waals surface area contributed by atoms with Crippen molar-refractivity contribution < 1.29 is 18.0 Å². The third-order valence-corrected chi connectivity index (χ3v) is 7.50. The lowest BCUT2D eigenvalue weighted by molar-refractivity contribution is -0.141. The first-order valence-electron chi connectivity index (χ1n) is 11.5. The van der Waals surface area contributed by atoms with Gasteiger partial charge in [0.2, 0.25) is 21.8 Å². The summed E-state index contributed by atoms with van der Waals surface area (Å²) >= 11 is 3.43. The number of benzene rings is 2. The largest absolute Gasteiger partial charge is 0.350 e. The molecular weight excluding hydrogens is 530 g/mol. The van der Waals surface area contributed by atoms with Gasteiger partial charge in [0.1, 0.15) is 12.6 Å². The van der Waals surface area contributed by atoms with Crippen LogP contribution in [0.3, 0.4) is 0 Å². The molecule has 1 atom stereocenters. The Bertz CT molecular complexity index is 1160. The summed E-state index contributed by atoms with van der Waals surface area (Å²) in [7, 11) is -3.77. The van der Waals surface area contributed by atoms with E-state index in [2.05, 4.69) is 21.2 Å². The fourth-order valence-corrected chi connectivity index (χ4v) is 4.75. The predicted molar refractivity (Wildman–Crippen MR) is 145 cm³/mol. The number of aryl methyl sites for hydroxylation is 2. The van der Waals surface area contributed by atoms with Crippen LogP contribution >= 0.6 is 15.9 Å². The van der Waals surface area contributed by atoms with E-state index in [1.165, 1.54) is 4.90 Å². The summed E-state index contributed by atoms with van der Waals surface area (Å²) in [5.74, 6) is -0.724. The Kier molecular flexibility index (Phi) is 9.53. The molecule has 2 rings (SSSR count). The molecule has 2 aromatic carbocycles. The van der Waals surface area contributed by atoms with E-state index in [-0.39, 0.29) is 12.5 Å². The first-order chi connectivity index (χ1) is 16.1. The fraction of sp³-hybridized carbons (Fsp3) is 0.462. The number of carbonyl (C=O) groups excluding carboxylic acids is 2. The Morgan fingerprint density at radius 2 is 1.66 bits per heavy atom. The molecule has 2 aromatic rings. The maximum atomic E-state index is 13.7. The maximum Gasteiger partial charge on any atom is 0.244 e. The average Bonchev–Trinajstić information content (AvgIpc) is 2.73. The van der Waals surface area contributed by atoms with Crippen LogP contribution in [0.1, 0.15) is 50.8 Å². The average molecular weight is 567 g/mol. The molecule has 35 heavy (non-hydrogen) atoms. The lowest BCUT2D eigenvalue weighted by Gasteiger charge is -2.34. The number of hydrogen-bond acceptors (Lipinski definition) is 4. The Hall–Kier alpha value is -2.39. The Morgan fingerprint density at radius 1 is 1.06 bits per heavy atom. The molecule has 7 nitrogen and oxygen atoms in total. The van der Waals surface area contributed by atoms with Gasteiger partial charge in [0.05, 0.1) is 11.9 Å². The normalized spacial score (nSPS) is 12.7. The number of hydrogen-bond donors (Lipinski definition) is 1. The number of sulfonamides is 1. The van der Waals surface area contributed by atoms with Crippen molar-refractivity contribution in [3.8, 4) is 0 Å². The van der Waals surface area contributed by atoms with E-state index in [0.29, 0.717) is 12.1 Å². The summed E-state index contributed by atoms with van der Waals surface area (Å²) in [6, 6.07) is 12.1. The zero-order valence-corrected chi connectivity index (χ0v) is 24.0. The predicted octanol–water partition coefficient (Wildman–Crippen LogP) is 4.55. The molecule has 1 N–H and O–H groups in total. The first kappa shape index (κ1) is 28.8. The fourth-order valence-electron chi connectivity index (χ4n) is 3.66. The Balaban J connectivity index is 2.47. The summed E-state index contributed by atoms with van der Waals surface area (Å²) in [6.07, 6.45) is 1.46. The molecule has 0 saturated heterocycles. The topological polar surface area (TPSA) is 86.8 Å². The van der Waals surface area contributed by atoms with Gasteiger partial charge in [-0.25, -0.2) is 8.42 Å². The highest BCUT2D eigenvalue weighted by molar-refractivity contribution is 9.10. The van der Waals surface area contributed by atoms with Gasteiger partial charge in [-0.1, -0.05) is 52.7 Å². The summed E-state index contributed by atoms with van der Waals surface area (Å²) in [5.41, 5.74) is 2.70. The van der Waals surface area contributed by atoms with Crippen molar-refractivity contribution in [2.45, 2.75) is 66.1 Å². The van der Waals surface area contributed by atoms with Gasteiger partial charge in [0.15, 0.2) is 0 Å². The molecule has 9 heteroatoms. The minimum Gasteiger partial charge on any atom is -0.350 e. The molecule has 0 radical (unpaired) electrons. The van der Waals surface area contributed by atoms with E-state index in [1.807, 2.05) is 65.8 Å². The van der Waals surface area contributed by atoms with Gasteiger partial charge < -0.3 is 10.2 Å². The third kappa shape index (κ3) is 8.35. The van der Waals surface area contributed by atoms with Gasteiger partial charge in [0, 0.05) is 16.6 Å². The molecule has 0 aliphatic heterocycles. The van der Waals surface area contributed by atoms with Crippen LogP contribution in [-0.2, 0) is 26.2 Å². The lowest BCUT2D eigenvalue weighted by Crippen LogP contribution is -2.55. The van der Waals surface area contributed by atoms with Gasteiger partial charge in [-0.05, 0) is 70.4 Å². The van der Waals surface area contributed by atoms with E-state index in [4.69, 9.17) is 0 Å². The molecule has 192 valence electrons. The van der Waals surface area contributed by atoms with E-state index < -0.39 is 34.1 Å². The molecular formula is C26H36BrN3O4S. The number of halogens is 1. The minimum atomic E-state index is -3.77. The van der Waals surface area contributed by atoms with E-state index in [9.17, 15) is 18.0 Å². The second kappa shape index (κ2) is 11.6. The quantitative estimate of drug-likeness (QED) is 0.483. The number of nitrogens with one attached hydrogen (secondary N) is 1. The second-order valence-corrected chi connectivity index (χ2v) is 12.6. The van der Waals surface area contributed by atoms with E-state index in [1.54, 1.807) is 18.2 Å². The van der Waals surface area contributed by atoms with Gasteiger partial charge in [-0.2, -0.15) is 0 Å². The zero-order valence-electron chi connectivity index (χ0n) is 21.6. The maximum absolute atomic E-state index is 13.7. The van der Waals surface area contributed by atoms with Crippen LogP contribution in [0.5, 0.6) is 0 Å². The SMILES string of the molecule is CCC(C(=O)NC(C)(C)C)N(Cc1ccc(C)cc1)C(=O)CN(c1ccc(Br)c(C)c1)S(C)(=O)=O. The number of carbonyl (C=O) groups is 2. The molecule has 0 bridgehead atoms. The summed E-state index contributed by atoms with van der Waals surface area (Å²) in [5, 5.41) is 2.96. The van der Waals surface area contributed by atoms with Crippen LogP contribution in [0, 0.1) is 13.8 Å². The van der Waals surface area contributed by atoms with Gasteiger partial charge in [-0.3, -0.25) is 13.9 Å². The number of nitrogens with zero attached hydrogens (tertiary/aromatic N) is 2. The lowest BCUT2D eigenvalue weighted by atomic mass is 10.1. The monoisotopic (exact) mass is 565 g/mol. The molecule has 1 unspecified atom stereocenters. The van der Waals surface area contributed by atoms with Crippen molar-refractivity contribution in [2.24, 2.45) is 0 Å². The molecule has 0 fully saturated rings. The van der Waals surface area contributed by atoms with Crippen LogP contribution in [-0.4, -0.2) is 49.5 Å². The standard InChI is InChI=1S/C26H36BrN3O4S/c1-8-23(25(32)28-26(4,5)6)29(16-20-11-9-18(2)10-12-20)24(31)17-30(35(7,33)34)21-13-14-22(27)19(3)15-21/h9-15,23H,8,16-17H2,1-7H3,(H,28,32). The third-order valence-electron chi connectivity index (χ3n) is 5.47. The highest BCUT2D eigenvalue weighted by Crippen LogP contribution is 2.25. The van der Waals surface area contributed by atoms with Crippen LogP contribution < -0.4 is 9.62 Å². The van der Waals surface area contributed by atoms with E-state index in [0.717, 1.165) is 31.7 Å². The minimum absolute atomic E-state index is 0.187. The molecule has 0 aromatic heterocycles. The molecule has 0 aliphatic carbocycles. The van der Waals surface area contributed by atoms with Crippen molar-refractivity contribution >= 4 is 43.5 Å². The number of rotatable bonds is 9. The van der Waals surface area contributed by atoms with Crippen molar-refractivity contribution in [1.29, 1.82) is 0 Å². The highest BCUT2D eigenvalue weighted by Gasteiger charge is 2.33. The van der Waals surface area contributed by atoms with Crippen molar-refractivity contribution in [1.82, 2.24) is 10.2 Å². The molecule has 2 amide bonds. The van der Waals surface area contributed by atoms with Crippen LogP contribution in [0.2, 0.25) is 0 Å². The molecule has 0 spiro atoms. The van der Waals surface area contributed by atoms with Gasteiger partial charge in [-0.15, -0.1) is 0 Å². The van der Waals surface area contributed by atoms with Crippen molar-refractivity contribution in [3.63, 3.8) is 0 Å².